The molecule has 6 heteroatoms. The highest BCUT2D eigenvalue weighted by molar-refractivity contribution is 8.13. The summed E-state index contributed by atoms with van der Waals surface area (Å²) < 4.78 is 0. The van der Waals surface area contributed by atoms with Gasteiger partial charge in [0.05, 0.1) is 0 Å². The van der Waals surface area contributed by atoms with E-state index in [0.717, 1.165) is 16.6 Å². The average Bonchev–Trinajstić information content (AvgIpc) is 2.86. The highest BCUT2D eigenvalue weighted by Gasteiger charge is 2.26. The van der Waals surface area contributed by atoms with Gasteiger partial charge in [0.25, 0.3) is 0 Å². The summed E-state index contributed by atoms with van der Waals surface area (Å²) in [5, 5.41) is 0.948. The monoisotopic (exact) mass is 243 g/mol. The van der Waals surface area contributed by atoms with Crippen LogP contribution in [0.1, 0.15) is 5.56 Å². The summed E-state index contributed by atoms with van der Waals surface area (Å²) in [6.45, 7) is 0. The van der Waals surface area contributed by atoms with E-state index in [9.17, 15) is 0 Å². The second-order valence-corrected chi connectivity index (χ2v) is 4.51. The normalized spacial score (nSPS) is 21.1. The lowest BCUT2D eigenvalue weighted by atomic mass is 10.3. The highest BCUT2D eigenvalue weighted by Crippen LogP contribution is 2.21. The fourth-order valence-electron chi connectivity index (χ4n) is 1.54. The zero-order chi connectivity index (χ0) is 11.5. The number of aliphatic imine (C=N–C) groups is 4. The molecule has 0 aromatic carbocycles. The van der Waals surface area contributed by atoms with Crippen LogP contribution in [0.2, 0.25) is 0 Å². The van der Waals surface area contributed by atoms with Crippen molar-refractivity contribution in [1.29, 1.82) is 0 Å². The van der Waals surface area contributed by atoms with Gasteiger partial charge in [-0.25, -0.2) is 15.0 Å². The van der Waals surface area contributed by atoms with Gasteiger partial charge < -0.3 is 0 Å². The Morgan fingerprint density at radius 2 is 2.00 bits per heavy atom. The highest BCUT2D eigenvalue weighted by atomic mass is 32.2. The number of hydrogen-bond acceptors (Lipinski definition) is 6. The number of amidine groups is 1. The second kappa shape index (κ2) is 4.58. The Balaban J connectivity index is 1.70. The summed E-state index contributed by atoms with van der Waals surface area (Å²) in [4.78, 5) is 20.7. The predicted octanol–water partition coefficient (Wildman–Crippen LogP) is 1.56. The second-order valence-electron chi connectivity index (χ2n) is 3.51. The molecule has 0 aliphatic carbocycles. The molecule has 1 unspecified atom stereocenters. The SMILES string of the molecule is C1=NC2=NC=NC2C(SCc2ccncc2)=N1. The number of pyridine rings is 1. The summed E-state index contributed by atoms with van der Waals surface area (Å²) >= 11 is 1.66. The first-order chi connectivity index (χ1) is 8.43. The fraction of sp³-hybridized carbons (Fsp3) is 0.182. The largest absolute Gasteiger partial charge is 0.265 e. The zero-order valence-electron chi connectivity index (χ0n) is 8.89. The van der Waals surface area contributed by atoms with Crippen LogP contribution in [-0.4, -0.2) is 34.6 Å². The number of fused-ring (bicyclic) bond motifs is 1. The van der Waals surface area contributed by atoms with Crippen LogP contribution in [0.4, 0.5) is 0 Å². The number of hydrogen-bond donors (Lipinski definition) is 0. The molecule has 0 fully saturated rings. The molecule has 0 amide bonds. The molecule has 0 saturated carbocycles. The minimum absolute atomic E-state index is 0.0909. The fourth-order valence-corrected chi connectivity index (χ4v) is 2.50. The molecule has 17 heavy (non-hydrogen) atoms. The molecule has 0 spiro atoms. The molecule has 3 heterocycles. The van der Waals surface area contributed by atoms with Crippen LogP contribution in [0.25, 0.3) is 0 Å². The summed E-state index contributed by atoms with van der Waals surface area (Å²) in [5.74, 6) is 1.59. The minimum Gasteiger partial charge on any atom is -0.265 e. The third kappa shape index (κ3) is 2.16. The van der Waals surface area contributed by atoms with E-state index in [4.69, 9.17) is 0 Å². The molecule has 3 rings (SSSR count). The van der Waals surface area contributed by atoms with E-state index in [0.29, 0.717) is 0 Å². The maximum absolute atomic E-state index is 4.26. The van der Waals surface area contributed by atoms with Gasteiger partial charge in [-0.2, -0.15) is 0 Å². The summed E-state index contributed by atoms with van der Waals surface area (Å²) in [5.41, 5.74) is 1.22. The maximum Gasteiger partial charge on any atom is 0.163 e. The van der Waals surface area contributed by atoms with E-state index in [1.54, 1.807) is 36.8 Å². The Labute approximate surface area is 103 Å². The van der Waals surface area contributed by atoms with Gasteiger partial charge in [0.15, 0.2) is 11.9 Å². The Hall–Kier alpha value is -1.82. The van der Waals surface area contributed by atoms with Crippen LogP contribution in [-0.2, 0) is 5.75 Å². The molecule has 0 bridgehead atoms. The standard InChI is InChI=1S/C11H9N5S/c1-3-12-4-2-8(1)5-17-11-9-10(14-6-13-9)15-7-16-11/h1-4,6-7,9H,5H2. The van der Waals surface area contributed by atoms with Crippen LogP contribution in [0, 0.1) is 0 Å². The Kier molecular flexibility index (Phi) is 2.79. The van der Waals surface area contributed by atoms with Crippen molar-refractivity contribution in [2.24, 2.45) is 20.0 Å². The van der Waals surface area contributed by atoms with Crippen LogP contribution in [0.15, 0.2) is 44.5 Å². The van der Waals surface area contributed by atoms with Gasteiger partial charge in [-0.15, -0.1) is 11.8 Å². The van der Waals surface area contributed by atoms with Gasteiger partial charge in [0.1, 0.15) is 17.7 Å². The molecule has 0 saturated heterocycles. The van der Waals surface area contributed by atoms with Crippen molar-refractivity contribution in [2.45, 2.75) is 11.8 Å². The lowest BCUT2D eigenvalue weighted by Gasteiger charge is -2.13. The van der Waals surface area contributed by atoms with Gasteiger partial charge in [-0.3, -0.25) is 9.98 Å². The topological polar surface area (TPSA) is 62.3 Å². The molecular formula is C11H9N5S. The van der Waals surface area contributed by atoms with Crippen molar-refractivity contribution in [3.63, 3.8) is 0 Å². The lowest BCUT2D eigenvalue weighted by Crippen LogP contribution is -2.25. The van der Waals surface area contributed by atoms with Crippen molar-refractivity contribution in [3.8, 4) is 0 Å². The molecule has 84 valence electrons. The molecule has 1 aromatic heterocycles. The molecule has 2 aliphatic rings. The third-order valence-corrected chi connectivity index (χ3v) is 3.50. The van der Waals surface area contributed by atoms with Gasteiger partial charge >= 0.3 is 0 Å². The summed E-state index contributed by atoms with van der Waals surface area (Å²) in [6.07, 6.45) is 6.67. The summed E-state index contributed by atoms with van der Waals surface area (Å²) in [7, 11) is 0. The Morgan fingerprint density at radius 1 is 1.12 bits per heavy atom. The molecule has 1 atom stereocenters. The van der Waals surface area contributed by atoms with Crippen LogP contribution in [0.5, 0.6) is 0 Å². The van der Waals surface area contributed by atoms with Crippen molar-refractivity contribution < 1.29 is 0 Å². The molecule has 0 N–H and O–H groups in total. The zero-order valence-corrected chi connectivity index (χ0v) is 9.71. The van der Waals surface area contributed by atoms with E-state index < -0.39 is 0 Å². The Bertz CT molecular complexity index is 532. The van der Waals surface area contributed by atoms with Crippen molar-refractivity contribution >= 4 is 35.3 Å². The first-order valence-electron chi connectivity index (χ1n) is 5.15. The number of nitrogens with zero attached hydrogens (tertiary/aromatic N) is 5. The van der Waals surface area contributed by atoms with E-state index in [1.165, 1.54) is 5.56 Å². The minimum atomic E-state index is -0.0909. The molecule has 2 aliphatic heterocycles. The summed E-state index contributed by atoms with van der Waals surface area (Å²) in [6, 6.07) is 3.90. The molecule has 1 aromatic rings. The molecular weight excluding hydrogens is 234 g/mol. The lowest BCUT2D eigenvalue weighted by molar-refractivity contribution is 1.16. The average molecular weight is 243 g/mol. The van der Waals surface area contributed by atoms with Gasteiger partial charge in [-0.1, -0.05) is 0 Å². The predicted molar refractivity (Wildman–Crippen MR) is 71.2 cm³/mol. The van der Waals surface area contributed by atoms with E-state index in [-0.39, 0.29) is 6.04 Å². The number of thioether (sulfide) groups is 1. The Morgan fingerprint density at radius 3 is 2.88 bits per heavy atom. The molecule has 5 nitrogen and oxygen atoms in total. The quantitative estimate of drug-likeness (QED) is 0.791. The van der Waals surface area contributed by atoms with Gasteiger partial charge in [0.2, 0.25) is 0 Å². The molecule has 0 radical (unpaired) electrons. The van der Waals surface area contributed by atoms with E-state index in [1.807, 2.05) is 12.1 Å². The van der Waals surface area contributed by atoms with Crippen LogP contribution in [0.3, 0.4) is 0 Å². The van der Waals surface area contributed by atoms with E-state index >= 15 is 0 Å². The van der Waals surface area contributed by atoms with E-state index in [2.05, 4.69) is 25.0 Å². The van der Waals surface area contributed by atoms with Gasteiger partial charge in [-0.05, 0) is 17.7 Å². The first-order valence-corrected chi connectivity index (χ1v) is 6.13. The maximum atomic E-state index is 4.26. The van der Waals surface area contributed by atoms with Crippen LogP contribution < -0.4 is 0 Å². The van der Waals surface area contributed by atoms with Crippen LogP contribution >= 0.6 is 11.8 Å². The van der Waals surface area contributed by atoms with Gasteiger partial charge in [0, 0.05) is 18.1 Å². The van der Waals surface area contributed by atoms with Crippen molar-refractivity contribution in [1.82, 2.24) is 4.98 Å². The number of aromatic nitrogens is 1. The van der Waals surface area contributed by atoms with Crippen molar-refractivity contribution in [3.05, 3.63) is 30.1 Å². The van der Waals surface area contributed by atoms with Crippen molar-refractivity contribution in [2.75, 3.05) is 0 Å². The smallest absolute Gasteiger partial charge is 0.163 e. The third-order valence-electron chi connectivity index (χ3n) is 2.40. The number of rotatable bonds is 2. The first kappa shape index (κ1) is 10.3.